The molecule has 1 N–H and O–H groups in total. The summed E-state index contributed by atoms with van der Waals surface area (Å²) in [4.78, 5) is 0. The standard InChI is InChI=1S/C11H18BN/c1-3-9-8-11(12)5-4-10(9)6-7-13-2/h4-5,8,13H,3,6-7,12H2,1-2H3. The second kappa shape index (κ2) is 5.08. The molecule has 0 aliphatic carbocycles. The fourth-order valence-corrected chi connectivity index (χ4v) is 1.59. The van der Waals surface area contributed by atoms with Crippen molar-refractivity contribution in [2.45, 2.75) is 19.8 Å². The summed E-state index contributed by atoms with van der Waals surface area (Å²) in [6, 6.07) is 6.75. The average Bonchev–Trinajstić information content (AvgIpc) is 2.16. The quantitative estimate of drug-likeness (QED) is 0.647. The van der Waals surface area contributed by atoms with Crippen molar-refractivity contribution in [3.63, 3.8) is 0 Å². The maximum Gasteiger partial charge on any atom is 0.139 e. The van der Waals surface area contributed by atoms with Crippen molar-refractivity contribution >= 4 is 13.3 Å². The highest BCUT2D eigenvalue weighted by Gasteiger charge is 1.99. The van der Waals surface area contributed by atoms with Gasteiger partial charge in [0.15, 0.2) is 0 Å². The van der Waals surface area contributed by atoms with Gasteiger partial charge < -0.3 is 5.32 Å². The third-order valence-corrected chi connectivity index (χ3v) is 2.39. The zero-order valence-corrected chi connectivity index (χ0v) is 8.85. The van der Waals surface area contributed by atoms with E-state index < -0.39 is 0 Å². The number of rotatable bonds is 4. The highest BCUT2D eigenvalue weighted by molar-refractivity contribution is 6.32. The fraction of sp³-hybridized carbons (Fsp3) is 0.455. The third-order valence-electron chi connectivity index (χ3n) is 2.39. The lowest BCUT2D eigenvalue weighted by Gasteiger charge is -2.08. The minimum atomic E-state index is 1.07. The SMILES string of the molecule is Bc1ccc(CCNC)c(CC)c1. The molecule has 1 nitrogen and oxygen atoms in total. The van der Waals surface area contributed by atoms with Crippen molar-refractivity contribution in [2.24, 2.45) is 0 Å². The molecular formula is C11H18BN. The van der Waals surface area contributed by atoms with Gasteiger partial charge in [0.1, 0.15) is 7.85 Å². The average molecular weight is 175 g/mol. The molecule has 0 fully saturated rings. The van der Waals surface area contributed by atoms with Gasteiger partial charge in [-0.2, -0.15) is 0 Å². The second-order valence-corrected chi connectivity index (χ2v) is 3.48. The molecule has 0 heterocycles. The van der Waals surface area contributed by atoms with E-state index in [1.54, 1.807) is 0 Å². The highest BCUT2D eigenvalue weighted by Crippen LogP contribution is 2.07. The molecule has 1 aromatic rings. The smallest absolute Gasteiger partial charge is 0.139 e. The Kier molecular flexibility index (Phi) is 4.03. The van der Waals surface area contributed by atoms with Gasteiger partial charge in [-0.1, -0.05) is 30.6 Å². The first kappa shape index (κ1) is 10.3. The number of hydrogen-bond acceptors (Lipinski definition) is 1. The molecule has 1 aromatic carbocycles. The Morgan fingerprint density at radius 1 is 1.31 bits per heavy atom. The van der Waals surface area contributed by atoms with Crippen LogP contribution in [0.4, 0.5) is 0 Å². The van der Waals surface area contributed by atoms with Crippen LogP contribution < -0.4 is 10.8 Å². The molecule has 0 saturated carbocycles. The number of nitrogens with one attached hydrogen (secondary N) is 1. The van der Waals surface area contributed by atoms with Crippen molar-refractivity contribution in [3.8, 4) is 0 Å². The van der Waals surface area contributed by atoms with Gasteiger partial charge in [0, 0.05) is 0 Å². The highest BCUT2D eigenvalue weighted by atomic mass is 14.8. The Balaban J connectivity index is 2.79. The molecule has 0 saturated heterocycles. The predicted octanol–water partition coefficient (Wildman–Crippen LogP) is 0.269. The van der Waals surface area contributed by atoms with Gasteiger partial charge in [-0.3, -0.25) is 0 Å². The van der Waals surface area contributed by atoms with Crippen molar-refractivity contribution in [3.05, 3.63) is 29.3 Å². The van der Waals surface area contributed by atoms with Gasteiger partial charge in [-0.05, 0) is 37.6 Å². The molecule has 0 bridgehead atoms. The summed E-state index contributed by atoms with van der Waals surface area (Å²) in [6.07, 6.45) is 2.28. The second-order valence-electron chi connectivity index (χ2n) is 3.48. The van der Waals surface area contributed by atoms with E-state index in [2.05, 4.69) is 38.3 Å². The summed E-state index contributed by atoms with van der Waals surface area (Å²) in [7, 11) is 4.15. The fourth-order valence-electron chi connectivity index (χ4n) is 1.59. The molecular weight excluding hydrogens is 157 g/mol. The molecule has 13 heavy (non-hydrogen) atoms. The van der Waals surface area contributed by atoms with E-state index in [1.807, 2.05) is 7.05 Å². The predicted molar refractivity (Wildman–Crippen MR) is 61.6 cm³/mol. The van der Waals surface area contributed by atoms with Gasteiger partial charge in [0.05, 0.1) is 0 Å². The Morgan fingerprint density at radius 3 is 2.69 bits per heavy atom. The maximum absolute atomic E-state index is 3.18. The molecule has 0 aliphatic rings. The first-order valence-electron chi connectivity index (χ1n) is 5.01. The van der Waals surface area contributed by atoms with Crippen LogP contribution in [0.15, 0.2) is 18.2 Å². The number of likely N-dealkylation sites (N-methyl/N-ethyl adjacent to an activating group) is 1. The van der Waals surface area contributed by atoms with Crippen LogP contribution in [0.25, 0.3) is 0 Å². The van der Waals surface area contributed by atoms with Gasteiger partial charge in [0.2, 0.25) is 0 Å². The zero-order valence-electron chi connectivity index (χ0n) is 8.85. The molecule has 0 aliphatic heterocycles. The van der Waals surface area contributed by atoms with Crippen LogP contribution in [0.3, 0.4) is 0 Å². The van der Waals surface area contributed by atoms with Gasteiger partial charge in [0.25, 0.3) is 0 Å². The van der Waals surface area contributed by atoms with Crippen LogP contribution in [-0.4, -0.2) is 21.4 Å². The van der Waals surface area contributed by atoms with Crippen molar-refractivity contribution < 1.29 is 0 Å². The molecule has 0 atom stereocenters. The minimum absolute atomic E-state index is 1.07. The van der Waals surface area contributed by atoms with Crippen LogP contribution in [-0.2, 0) is 12.8 Å². The molecule has 1 rings (SSSR count). The lowest BCUT2D eigenvalue weighted by Crippen LogP contribution is -2.13. The van der Waals surface area contributed by atoms with E-state index >= 15 is 0 Å². The van der Waals surface area contributed by atoms with E-state index in [4.69, 9.17) is 0 Å². The normalized spacial score (nSPS) is 10.3. The molecule has 0 spiro atoms. The number of hydrogen-bond donors (Lipinski definition) is 1. The van der Waals surface area contributed by atoms with E-state index in [9.17, 15) is 0 Å². The lowest BCUT2D eigenvalue weighted by molar-refractivity contribution is 0.785. The van der Waals surface area contributed by atoms with Crippen LogP contribution in [0.5, 0.6) is 0 Å². The summed E-state index contributed by atoms with van der Waals surface area (Å²) in [5, 5.41) is 3.18. The summed E-state index contributed by atoms with van der Waals surface area (Å²) < 4.78 is 0. The molecule has 2 heteroatoms. The largest absolute Gasteiger partial charge is 0.319 e. The first-order valence-corrected chi connectivity index (χ1v) is 5.01. The number of benzene rings is 1. The van der Waals surface area contributed by atoms with Crippen LogP contribution in [0.1, 0.15) is 18.1 Å². The third kappa shape index (κ3) is 2.89. The summed E-state index contributed by atoms with van der Waals surface area (Å²) >= 11 is 0. The van der Waals surface area contributed by atoms with Crippen molar-refractivity contribution in [1.29, 1.82) is 0 Å². The Hall–Kier alpha value is -0.755. The van der Waals surface area contributed by atoms with E-state index in [0.29, 0.717) is 0 Å². The maximum atomic E-state index is 3.18. The topological polar surface area (TPSA) is 12.0 Å². The zero-order chi connectivity index (χ0) is 9.68. The van der Waals surface area contributed by atoms with Gasteiger partial charge in [-0.25, -0.2) is 0 Å². The van der Waals surface area contributed by atoms with Gasteiger partial charge >= 0.3 is 0 Å². The summed E-state index contributed by atoms with van der Waals surface area (Å²) in [5.74, 6) is 0. The monoisotopic (exact) mass is 175 g/mol. The Bertz CT molecular complexity index is 271. The number of aryl methyl sites for hydroxylation is 1. The molecule has 0 aromatic heterocycles. The van der Waals surface area contributed by atoms with E-state index in [0.717, 1.165) is 19.4 Å². The Labute approximate surface area is 82.0 Å². The van der Waals surface area contributed by atoms with E-state index in [1.165, 1.54) is 16.6 Å². The van der Waals surface area contributed by atoms with Crippen molar-refractivity contribution in [1.82, 2.24) is 5.32 Å². The van der Waals surface area contributed by atoms with Crippen LogP contribution in [0, 0.1) is 0 Å². The molecule has 70 valence electrons. The van der Waals surface area contributed by atoms with Crippen LogP contribution in [0.2, 0.25) is 0 Å². The van der Waals surface area contributed by atoms with E-state index in [-0.39, 0.29) is 0 Å². The summed E-state index contributed by atoms with van der Waals surface area (Å²) in [6.45, 7) is 3.29. The minimum Gasteiger partial charge on any atom is -0.319 e. The molecule has 0 unspecified atom stereocenters. The summed E-state index contributed by atoms with van der Waals surface area (Å²) in [5.41, 5.74) is 4.35. The first-order chi connectivity index (χ1) is 6.27. The lowest BCUT2D eigenvalue weighted by atomic mass is 9.90. The van der Waals surface area contributed by atoms with Crippen molar-refractivity contribution in [2.75, 3.05) is 13.6 Å². The Morgan fingerprint density at radius 2 is 2.08 bits per heavy atom. The van der Waals surface area contributed by atoms with Crippen LogP contribution >= 0.6 is 0 Å². The van der Waals surface area contributed by atoms with Gasteiger partial charge in [-0.15, -0.1) is 0 Å². The molecule has 0 amide bonds. The molecule has 0 radical (unpaired) electrons.